The summed E-state index contributed by atoms with van der Waals surface area (Å²) in [7, 11) is 1.49. The second-order valence-corrected chi connectivity index (χ2v) is 7.00. The Morgan fingerprint density at radius 3 is 2.42 bits per heavy atom. The number of hydrogen-bond acceptors (Lipinski definition) is 5. The van der Waals surface area contributed by atoms with Gasteiger partial charge in [0.15, 0.2) is 0 Å². The van der Waals surface area contributed by atoms with Crippen LogP contribution in [0.4, 0.5) is 23.7 Å². The standard InChI is InChI=1S/C22H17ClF3N3O4/c1-27-20(30)19-11-16(8-9-28-19)33-15-5-2-13(3-6-15)12-32-21(31)29-14-4-7-18(23)17(10-14)22(24,25)26/h2-11H,12H2,1H3,(H,27,30)(H,29,31). The molecule has 0 aliphatic rings. The van der Waals surface area contributed by atoms with Gasteiger partial charge in [0, 0.05) is 25.0 Å². The lowest BCUT2D eigenvalue weighted by Crippen LogP contribution is -2.18. The summed E-state index contributed by atoms with van der Waals surface area (Å²) in [6.07, 6.45) is -4.13. The van der Waals surface area contributed by atoms with E-state index in [1.54, 1.807) is 30.3 Å². The predicted molar refractivity (Wildman–Crippen MR) is 114 cm³/mol. The largest absolute Gasteiger partial charge is 0.457 e. The molecule has 1 heterocycles. The zero-order valence-corrected chi connectivity index (χ0v) is 17.8. The number of rotatable bonds is 6. The van der Waals surface area contributed by atoms with Gasteiger partial charge in [-0.1, -0.05) is 23.7 Å². The van der Waals surface area contributed by atoms with E-state index in [0.717, 1.165) is 12.1 Å². The Bertz CT molecular complexity index is 1150. The van der Waals surface area contributed by atoms with Gasteiger partial charge in [0.1, 0.15) is 23.8 Å². The van der Waals surface area contributed by atoms with E-state index < -0.39 is 22.9 Å². The monoisotopic (exact) mass is 479 g/mol. The second-order valence-electron chi connectivity index (χ2n) is 6.60. The molecule has 3 rings (SSSR count). The number of aromatic nitrogens is 1. The number of anilines is 1. The van der Waals surface area contributed by atoms with E-state index >= 15 is 0 Å². The Hall–Kier alpha value is -3.79. The molecule has 11 heteroatoms. The fraction of sp³-hybridized carbons (Fsp3) is 0.136. The highest BCUT2D eigenvalue weighted by atomic mass is 35.5. The fourth-order valence-corrected chi connectivity index (χ4v) is 2.86. The van der Waals surface area contributed by atoms with Crippen molar-refractivity contribution >= 4 is 29.3 Å². The topological polar surface area (TPSA) is 89.5 Å². The first-order chi connectivity index (χ1) is 15.7. The van der Waals surface area contributed by atoms with Crippen molar-refractivity contribution in [2.75, 3.05) is 12.4 Å². The van der Waals surface area contributed by atoms with Gasteiger partial charge in [-0.05, 0) is 42.0 Å². The van der Waals surface area contributed by atoms with Gasteiger partial charge in [-0.2, -0.15) is 13.2 Å². The maximum atomic E-state index is 12.9. The first-order valence-electron chi connectivity index (χ1n) is 9.41. The van der Waals surface area contributed by atoms with Gasteiger partial charge in [0.25, 0.3) is 5.91 Å². The van der Waals surface area contributed by atoms with Crippen LogP contribution < -0.4 is 15.4 Å². The van der Waals surface area contributed by atoms with Crippen LogP contribution in [0.15, 0.2) is 60.8 Å². The predicted octanol–water partition coefficient (Wildman–Crippen LogP) is 5.65. The molecule has 0 saturated carbocycles. The van der Waals surface area contributed by atoms with E-state index in [2.05, 4.69) is 15.6 Å². The van der Waals surface area contributed by atoms with Crippen molar-refractivity contribution in [1.29, 1.82) is 0 Å². The van der Waals surface area contributed by atoms with E-state index in [9.17, 15) is 22.8 Å². The quantitative estimate of drug-likeness (QED) is 0.476. The van der Waals surface area contributed by atoms with Gasteiger partial charge in [0.2, 0.25) is 0 Å². The lowest BCUT2D eigenvalue weighted by Gasteiger charge is -2.12. The second kappa shape index (κ2) is 10.2. The number of benzene rings is 2. The molecule has 0 aliphatic carbocycles. The number of nitrogens with one attached hydrogen (secondary N) is 2. The van der Waals surface area contributed by atoms with Crippen LogP contribution in [0.5, 0.6) is 11.5 Å². The van der Waals surface area contributed by atoms with Crippen molar-refractivity contribution in [1.82, 2.24) is 10.3 Å². The van der Waals surface area contributed by atoms with Crippen molar-refractivity contribution < 1.29 is 32.2 Å². The zero-order chi connectivity index (χ0) is 24.0. The van der Waals surface area contributed by atoms with E-state index in [1.807, 2.05) is 0 Å². The smallest absolute Gasteiger partial charge is 0.417 e. The van der Waals surface area contributed by atoms with Crippen molar-refractivity contribution in [3.05, 3.63) is 82.6 Å². The van der Waals surface area contributed by atoms with E-state index in [4.69, 9.17) is 21.1 Å². The van der Waals surface area contributed by atoms with E-state index in [1.165, 1.54) is 25.4 Å². The van der Waals surface area contributed by atoms with E-state index in [0.29, 0.717) is 17.1 Å². The molecule has 0 saturated heterocycles. The van der Waals surface area contributed by atoms with Crippen molar-refractivity contribution in [3.63, 3.8) is 0 Å². The average molecular weight is 480 g/mol. The minimum absolute atomic E-state index is 0.103. The van der Waals surface area contributed by atoms with Gasteiger partial charge in [-0.3, -0.25) is 15.1 Å². The number of pyridine rings is 1. The lowest BCUT2D eigenvalue weighted by atomic mass is 10.2. The van der Waals surface area contributed by atoms with Crippen LogP contribution in [0, 0.1) is 0 Å². The number of nitrogens with zero attached hydrogens (tertiary/aromatic N) is 1. The first-order valence-corrected chi connectivity index (χ1v) is 9.79. The highest BCUT2D eigenvalue weighted by Crippen LogP contribution is 2.36. The van der Waals surface area contributed by atoms with Crippen LogP contribution in [0.3, 0.4) is 0 Å². The SMILES string of the molecule is CNC(=O)c1cc(Oc2ccc(COC(=O)Nc3ccc(Cl)c(C(F)(F)F)c3)cc2)ccn1. The Morgan fingerprint density at radius 1 is 1.03 bits per heavy atom. The van der Waals surface area contributed by atoms with Crippen LogP contribution in [0.1, 0.15) is 21.6 Å². The maximum absolute atomic E-state index is 12.9. The molecule has 33 heavy (non-hydrogen) atoms. The van der Waals surface area contributed by atoms with Crippen LogP contribution >= 0.6 is 11.6 Å². The molecule has 7 nitrogen and oxygen atoms in total. The van der Waals surface area contributed by atoms with Gasteiger partial charge >= 0.3 is 12.3 Å². The molecule has 0 aliphatic heterocycles. The molecule has 0 atom stereocenters. The molecule has 2 amide bonds. The Kier molecular flexibility index (Phi) is 7.39. The minimum atomic E-state index is -4.65. The zero-order valence-electron chi connectivity index (χ0n) is 17.1. The Labute approximate surface area is 191 Å². The van der Waals surface area contributed by atoms with E-state index in [-0.39, 0.29) is 23.9 Å². The Morgan fingerprint density at radius 2 is 1.76 bits per heavy atom. The molecule has 0 fully saturated rings. The molecule has 3 aromatic rings. The molecule has 2 aromatic carbocycles. The number of halogens is 4. The molecule has 0 radical (unpaired) electrons. The number of carbonyl (C=O) groups excluding carboxylic acids is 2. The van der Waals surface area contributed by atoms with Crippen molar-refractivity contribution in [3.8, 4) is 11.5 Å². The summed E-state index contributed by atoms with van der Waals surface area (Å²) in [5, 5.41) is 4.23. The summed E-state index contributed by atoms with van der Waals surface area (Å²) in [4.78, 5) is 27.5. The molecule has 0 spiro atoms. The molecular weight excluding hydrogens is 463 g/mol. The van der Waals surface area contributed by atoms with Gasteiger partial charge in [-0.15, -0.1) is 0 Å². The summed E-state index contributed by atoms with van der Waals surface area (Å²) < 4.78 is 49.5. The molecule has 2 N–H and O–H groups in total. The summed E-state index contributed by atoms with van der Waals surface area (Å²) >= 11 is 5.56. The normalized spacial score (nSPS) is 10.9. The van der Waals surface area contributed by atoms with Gasteiger partial charge in [-0.25, -0.2) is 4.79 Å². The number of amides is 2. The lowest BCUT2D eigenvalue weighted by molar-refractivity contribution is -0.137. The third-order valence-corrected chi connectivity index (χ3v) is 4.57. The fourth-order valence-electron chi connectivity index (χ4n) is 2.64. The molecule has 1 aromatic heterocycles. The number of hydrogen-bond donors (Lipinski definition) is 2. The highest BCUT2D eigenvalue weighted by molar-refractivity contribution is 6.31. The third kappa shape index (κ3) is 6.59. The van der Waals surface area contributed by atoms with Crippen LogP contribution in [0.2, 0.25) is 5.02 Å². The highest BCUT2D eigenvalue weighted by Gasteiger charge is 2.33. The third-order valence-electron chi connectivity index (χ3n) is 4.24. The molecular formula is C22H17ClF3N3O4. The van der Waals surface area contributed by atoms with Gasteiger partial charge < -0.3 is 14.8 Å². The molecule has 172 valence electrons. The number of carbonyl (C=O) groups is 2. The average Bonchev–Trinajstić information content (AvgIpc) is 2.79. The number of alkyl halides is 3. The molecule has 0 bridgehead atoms. The summed E-state index contributed by atoms with van der Waals surface area (Å²) in [6, 6.07) is 12.6. The van der Waals surface area contributed by atoms with Crippen LogP contribution in [-0.4, -0.2) is 24.0 Å². The minimum Gasteiger partial charge on any atom is -0.457 e. The van der Waals surface area contributed by atoms with Crippen molar-refractivity contribution in [2.24, 2.45) is 0 Å². The summed E-state index contributed by atoms with van der Waals surface area (Å²) in [5.74, 6) is 0.533. The maximum Gasteiger partial charge on any atom is 0.417 e. The Balaban J connectivity index is 1.55. The summed E-state index contributed by atoms with van der Waals surface area (Å²) in [5.41, 5.74) is -0.345. The van der Waals surface area contributed by atoms with Crippen LogP contribution in [0.25, 0.3) is 0 Å². The number of ether oxygens (including phenoxy) is 2. The van der Waals surface area contributed by atoms with Crippen LogP contribution in [-0.2, 0) is 17.5 Å². The van der Waals surface area contributed by atoms with Gasteiger partial charge in [0.05, 0.1) is 10.6 Å². The molecule has 0 unspecified atom stereocenters. The van der Waals surface area contributed by atoms with Crippen molar-refractivity contribution in [2.45, 2.75) is 12.8 Å². The summed E-state index contributed by atoms with van der Waals surface area (Å²) in [6.45, 7) is -0.123. The first kappa shape index (κ1) is 23.9.